The molecule has 1 aliphatic rings. The fourth-order valence-electron chi connectivity index (χ4n) is 3.28. The van der Waals surface area contributed by atoms with E-state index in [0.717, 1.165) is 64.8 Å². The zero-order valence-electron chi connectivity index (χ0n) is 17.9. The summed E-state index contributed by atoms with van der Waals surface area (Å²) in [7, 11) is 3.91. The molecule has 6 nitrogen and oxygen atoms in total. The zero-order valence-corrected chi connectivity index (χ0v) is 21.0. The fourth-order valence-corrected chi connectivity index (χ4v) is 4.17. The van der Waals surface area contributed by atoms with E-state index in [1.165, 1.54) is 12.0 Å². The Kier molecular flexibility index (Phi) is 13.3. The minimum Gasteiger partial charge on any atom is -0.385 e. The van der Waals surface area contributed by atoms with Crippen LogP contribution in [0.25, 0.3) is 0 Å². The molecule has 0 radical (unpaired) electrons. The van der Waals surface area contributed by atoms with Crippen molar-refractivity contribution in [1.29, 1.82) is 0 Å². The molecular formula is C20H38IN5OS. The molecule has 2 heterocycles. The summed E-state index contributed by atoms with van der Waals surface area (Å²) in [5.41, 5.74) is 1.50. The normalized spacial score (nSPS) is 15.8. The van der Waals surface area contributed by atoms with Crippen molar-refractivity contribution in [1.82, 2.24) is 20.4 Å². The zero-order chi connectivity index (χ0) is 19.5. The van der Waals surface area contributed by atoms with Crippen LogP contribution in [0.1, 0.15) is 30.7 Å². The molecule has 1 atom stereocenters. The van der Waals surface area contributed by atoms with E-state index in [1.807, 2.05) is 11.3 Å². The number of nitrogens with one attached hydrogen (secondary N) is 2. The van der Waals surface area contributed by atoms with Crippen molar-refractivity contribution in [2.24, 2.45) is 4.99 Å². The van der Waals surface area contributed by atoms with Crippen LogP contribution in [-0.4, -0.2) is 81.8 Å². The summed E-state index contributed by atoms with van der Waals surface area (Å²) in [6, 6.07) is 2.72. The van der Waals surface area contributed by atoms with Gasteiger partial charge in [-0.25, -0.2) is 0 Å². The lowest BCUT2D eigenvalue weighted by Gasteiger charge is -2.31. The maximum absolute atomic E-state index is 5.11. The highest BCUT2D eigenvalue weighted by Gasteiger charge is 2.21. The van der Waals surface area contributed by atoms with Gasteiger partial charge in [-0.05, 0) is 50.7 Å². The van der Waals surface area contributed by atoms with Gasteiger partial charge >= 0.3 is 0 Å². The first-order valence-corrected chi connectivity index (χ1v) is 11.0. The molecule has 0 saturated carbocycles. The summed E-state index contributed by atoms with van der Waals surface area (Å²) in [4.78, 5) is 11.3. The fraction of sp³-hybridized carbons (Fsp3) is 0.750. The second kappa shape index (κ2) is 14.5. The Hall–Kier alpha value is -0.420. The number of likely N-dealkylation sites (N-methyl/N-ethyl adjacent to an activating group) is 1. The highest BCUT2D eigenvalue weighted by molar-refractivity contribution is 14.0. The van der Waals surface area contributed by atoms with Crippen molar-refractivity contribution in [2.75, 3.05) is 60.0 Å². The molecule has 1 aromatic heterocycles. The van der Waals surface area contributed by atoms with Crippen LogP contribution in [0.2, 0.25) is 0 Å². The Labute approximate surface area is 192 Å². The lowest BCUT2D eigenvalue weighted by Crippen LogP contribution is -2.43. The molecule has 0 fully saturated rings. The van der Waals surface area contributed by atoms with Gasteiger partial charge in [0.25, 0.3) is 0 Å². The van der Waals surface area contributed by atoms with Crippen molar-refractivity contribution in [3.8, 4) is 0 Å². The summed E-state index contributed by atoms with van der Waals surface area (Å²) in [6.07, 6.45) is 2.25. The van der Waals surface area contributed by atoms with Gasteiger partial charge < -0.3 is 20.3 Å². The number of halogens is 1. The van der Waals surface area contributed by atoms with Crippen molar-refractivity contribution in [2.45, 2.75) is 39.3 Å². The van der Waals surface area contributed by atoms with Gasteiger partial charge in [0.15, 0.2) is 5.96 Å². The lowest BCUT2D eigenvalue weighted by atomic mass is 10.1. The lowest BCUT2D eigenvalue weighted by molar-refractivity contribution is 0.180. The van der Waals surface area contributed by atoms with Crippen LogP contribution in [0.3, 0.4) is 0 Å². The van der Waals surface area contributed by atoms with Crippen molar-refractivity contribution < 1.29 is 4.74 Å². The number of guanidine groups is 1. The van der Waals surface area contributed by atoms with Crippen LogP contribution in [0.15, 0.2) is 16.4 Å². The summed E-state index contributed by atoms with van der Waals surface area (Å²) in [5.74, 6) is 0.919. The van der Waals surface area contributed by atoms with Gasteiger partial charge in [-0.3, -0.25) is 9.89 Å². The first kappa shape index (κ1) is 25.6. The van der Waals surface area contributed by atoms with Gasteiger partial charge in [-0.1, -0.05) is 0 Å². The average Bonchev–Trinajstić information content (AvgIpc) is 3.13. The largest absolute Gasteiger partial charge is 0.385 e. The van der Waals surface area contributed by atoms with Crippen LogP contribution < -0.4 is 10.6 Å². The number of ether oxygens (including phenoxy) is 1. The molecule has 2 N–H and O–H groups in total. The molecule has 1 aliphatic heterocycles. The Morgan fingerprint density at radius 3 is 2.96 bits per heavy atom. The minimum absolute atomic E-state index is 0. The second-order valence-corrected chi connectivity index (χ2v) is 8.24. The van der Waals surface area contributed by atoms with Gasteiger partial charge in [0.2, 0.25) is 0 Å². The van der Waals surface area contributed by atoms with Gasteiger partial charge in [0, 0.05) is 63.9 Å². The summed E-state index contributed by atoms with van der Waals surface area (Å²) in [6.45, 7) is 12.1. The standard InChI is InChI=1S/C20H37N5OS.HI/c1-5-21-20(22-9-12-24(3)10-6-13-26-4)23-15-17(2)25-11-7-19-18(16-25)8-14-27-19;/h8,14,17H,5-7,9-13,15-16H2,1-4H3,(H2,21,22,23);1H. The van der Waals surface area contributed by atoms with Crippen molar-refractivity contribution in [3.05, 3.63) is 21.9 Å². The van der Waals surface area contributed by atoms with Crippen molar-refractivity contribution >= 4 is 41.3 Å². The van der Waals surface area contributed by atoms with E-state index in [1.54, 1.807) is 12.0 Å². The van der Waals surface area contributed by atoms with Gasteiger partial charge in [-0.15, -0.1) is 35.3 Å². The molecule has 0 bridgehead atoms. The first-order chi connectivity index (χ1) is 13.1. The van der Waals surface area contributed by atoms with E-state index in [-0.39, 0.29) is 24.0 Å². The van der Waals surface area contributed by atoms with Gasteiger partial charge in [0.1, 0.15) is 0 Å². The SMILES string of the molecule is CCNC(=NCC(C)N1CCc2sccc2C1)NCCN(C)CCCOC.I. The van der Waals surface area contributed by atoms with Crippen LogP contribution in [-0.2, 0) is 17.7 Å². The predicted molar refractivity (Wildman–Crippen MR) is 131 cm³/mol. The third kappa shape index (κ3) is 8.94. The van der Waals surface area contributed by atoms with Gasteiger partial charge in [-0.2, -0.15) is 0 Å². The minimum atomic E-state index is 0. The van der Waals surface area contributed by atoms with E-state index in [0.29, 0.717) is 6.04 Å². The molecule has 0 spiro atoms. The third-order valence-corrected chi connectivity index (χ3v) is 6.02. The molecule has 0 aromatic carbocycles. The molecule has 28 heavy (non-hydrogen) atoms. The molecule has 1 unspecified atom stereocenters. The highest BCUT2D eigenvalue weighted by Crippen LogP contribution is 2.25. The number of methoxy groups -OCH3 is 1. The molecule has 0 saturated heterocycles. The van der Waals surface area contributed by atoms with Gasteiger partial charge in [0.05, 0.1) is 6.54 Å². The number of hydrogen-bond donors (Lipinski definition) is 2. The molecule has 0 aliphatic carbocycles. The number of hydrogen-bond acceptors (Lipinski definition) is 5. The van der Waals surface area contributed by atoms with E-state index in [4.69, 9.17) is 9.73 Å². The number of thiophene rings is 1. The number of rotatable bonds is 11. The maximum atomic E-state index is 5.11. The summed E-state index contributed by atoms with van der Waals surface area (Å²) >= 11 is 1.90. The van der Waals surface area contributed by atoms with Crippen LogP contribution in [0.4, 0.5) is 0 Å². The molecular weight excluding hydrogens is 485 g/mol. The summed E-state index contributed by atoms with van der Waals surface area (Å²) < 4.78 is 5.11. The highest BCUT2D eigenvalue weighted by atomic mass is 127. The molecule has 1 aromatic rings. The third-order valence-electron chi connectivity index (χ3n) is 4.99. The van der Waals surface area contributed by atoms with Crippen molar-refractivity contribution in [3.63, 3.8) is 0 Å². The topological polar surface area (TPSA) is 52.1 Å². The van der Waals surface area contributed by atoms with E-state index >= 15 is 0 Å². The Bertz CT molecular complexity index is 569. The Balaban J connectivity index is 0.00000392. The molecule has 0 amide bonds. The molecule has 2 rings (SSSR count). The maximum Gasteiger partial charge on any atom is 0.191 e. The number of fused-ring (bicyclic) bond motifs is 1. The Morgan fingerprint density at radius 2 is 2.21 bits per heavy atom. The number of nitrogens with zero attached hydrogens (tertiary/aromatic N) is 3. The average molecular weight is 524 g/mol. The van der Waals surface area contributed by atoms with Crippen LogP contribution in [0, 0.1) is 0 Å². The second-order valence-electron chi connectivity index (χ2n) is 7.23. The predicted octanol–water partition coefficient (Wildman–Crippen LogP) is 2.64. The quantitative estimate of drug-likeness (QED) is 0.202. The Morgan fingerprint density at radius 1 is 1.39 bits per heavy atom. The first-order valence-electron chi connectivity index (χ1n) is 10.1. The van der Waals surface area contributed by atoms with Crippen LogP contribution >= 0.6 is 35.3 Å². The monoisotopic (exact) mass is 523 g/mol. The summed E-state index contributed by atoms with van der Waals surface area (Å²) in [5, 5.41) is 9.04. The number of aliphatic imine (C=N–C) groups is 1. The molecule has 8 heteroatoms. The van der Waals surface area contributed by atoms with E-state index in [2.05, 4.69) is 52.8 Å². The van der Waals surface area contributed by atoms with E-state index in [9.17, 15) is 0 Å². The van der Waals surface area contributed by atoms with E-state index < -0.39 is 0 Å². The molecule has 162 valence electrons. The van der Waals surface area contributed by atoms with Crippen LogP contribution in [0.5, 0.6) is 0 Å². The smallest absolute Gasteiger partial charge is 0.191 e.